The lowest BCUT2D eigenvalue weighted by molar-refractivity contribution is -0.132. The van der Waals surface area contributed by atoms with Gasteiger partial charge in [0.1, 0.15) is 5.69 Å². The maximum Gasteiger partial charge on any atom is 0.358 e. The number of thiazole rings is 1. The van der Waals surface area contributed by atoms with Gasteiger partial charge in [0.2, 0.25) is 0 Å². The van der Waals surface area contributed by atoms with Crippen LogP contribution in [0.15, 0.2) is 9.30 Å². The average molecular weight is 249 g/mol. The fraction of sp³-hybridized carbons (Fsp3) is 0.167. The average Bonchev–Trinajstić information content (AvgIpc) is 2.49. The fourth-order valence-electron chi connectivity index (χ4n) is 0.573. The van der Waals surface area contributed by atoms with E-state index in [9.17, 15) is 4.79 Å². The van der Waals surface area contributed by atoms with E-state index in [1.165, 1.54) is 18.4 Å². The van der Waals surface area contributed by atoms with Crippen molar-refractivity contribution in [2.24, 2.45) is 0 Å². The lowest BCUT2D eigenvalue weighted by Gasteiger charge is -1.95. The highest BCUT2D eigenvalue weighted by molar-refractivity contribution is 9.11. The van der Waals surface area contributed by atoms with Crippen molar-refractivity contribution >= 4 is 38.9 Å². The summed E-state index contributed by atoms with van der Waals surface area (Å²) < 4.78 is 5.01. The van der Waals surface area contributed by atoms with Crippen LogP contribution in [-0.2, 0) is 9.53 Å². The molecule has 64 valence electrons. The molecule has 12 heavy (non-hydrogen) atoms. The second-order valence-corrected chi connectivity index (χ2v) is 3.99. The summed E-state index contributed by atoms with van der Waals surface area (Å²) in [4.78, 5) is 14.7. The molecule has 1 aromatic heterocycles. The SMILES string of the molecule is COC(=O)C(=N)c1csc(Br)n1. The van der Waals surface area contributed by atoms with E-state index < -0.39 is 5.97 Å². The first-order valence-electron chi connectivity index (χ1n) is 2.93. The molecule has 0 unspecified atom stereocenters. The zero-order valence-corrected chi connectivity index (χ0v) is 8.53. The molecule has 1 aromatic rings. The Morgan fingerprint density at radius 1 is 1.83 bits per heavy atom. The number of hydrogen-bond acceptors (Lipinski definition) is 5. The minimum Gasteiger partial charge on any atom is -0.464 e. The highest BCUT2D eigenvalue weighted by Gasteiger charge is 2.14. The molecule has 0 amide bonds. The summed E-state index contributed by atoms with van der Waals surface area (Å²) >= 11 is 4.45. The lowest BCUT2D eigenvalue weighted by Crippen LogP contribution is -2.15. The van der Waals surface area contributed by atoms with Crippen LogP contribution in [0, 0.1) is 5.41 Å². The molecule has 0 aromatic carbocycles. The highest BCUT2D eigenvalue weighted by Crippen LogP contribution is 2.16. The Kier molecular flexibility index (Phi) is 2.93. The molecular weight excluding hydrogens is 244 g/mol. The topological polar surface area (TPSA) is 63.0 Å². The number of carbonyl (C=O) groups is 1. The van der Waals surface area contributed by atoms with E-state index in [-0.39, 0.29) is 5.71 Å². The molecule has 1 heterocycles. The summed E-state index contributed by atoms with van der Waals surface area (Å²) in [7, 11) is 1.23. The molecule has 0 radical (unpaired) electrons. The van der Waals surface area contributed by atoms with Crippen molar-refractivity contribution in [3.8, 4) is 0 Å². The third-order valence-corrected chi connectivity index (χ3v) is 2.49. The first-order chi connectivity index (χ1) is 5.65. The minimum atomic E-state index is -0.673. The largest absolute Gasteiger partial charge is 0.464 e. The van der Waals surface area contributed by atoms with Gasteiger partial charge in [-0.2, -0.15) is 0 Å². The third-order valence-electron chi connectivity index (χ3n) is 1.12. The summed E-state index contributed by atoms with van der Waals surface area (Å²) in [6, 6.07) is 0. The fourth-order valence-corrected chi connectivity index (χ4v) is 1.58. The van der Waals surface area contributed by atoms with Crippen molar-refractivity contribution in [3.63, 3.8) is 0 Å². The Bertz CT molecular complexity index is 323. The van der Waals surface area contributed by atoms with Crippen molar-refractivity contribution in [1.82, 2.24) is 4.98 Å². The van der Waals surface area contributed by atoms with E-state index in [4.69, 9.17) is 5.41 Å². The van der Waals surface area contributed by atoms with Crippen molar-refractivity contribution in [2.75, 3.05) is 7.11 Å². The van der Waals surface area contributed by atoms with E-state index in [0.29, 0.717) is 9.61 Å². The van der Waals surface area contributed by atoms with E-state index in [0.717, 1.165) is 0 Å². The van der Waals surface area contributed by atoms with Gasteiger partial charge in [0.15, 0.2) is 9.63 Å². The maximum atomic E-state index is 10.8. The minimum absolute atomic E-state index is 0.223. The van der Waals surface area contributed by atoms with Crippen LogP contribution in [-0.4, -0.2) is 23.8 Å². The number of carbonyl (C=O) groups excluding carboxylic acids is 1. The van der Waals surface area contributed by atoms with Crippen LogP contribution in [0.3, 0.4) is 0 Å². The summed E-state index contributed by atoms with van der Waals surface area (Å²) in [6.45, 7) is 0. The summed E-state index contributed by atoms with van der Waals surface area (Å²) in [6.07, 6.45) is 0. The number of esters is 1. The van der Waals surface area contributed by atoms with Crippen LogP contribution < -0.4 is 0 Å². The number of nitrogens with one attached hydrogen (secondary N) is 1. The Labute approximate surface area is 81.2 Å². The molecule has 0 fully saturated rings. The third kappa shape index (κ3) is 1.89. The van der Waals surface area contributed by atoms with Gasteiger partial charge in [0.05, 0.1) is 7.11 Å². The van der Waals surface area contributed by atoms with E-state index >= 15 is 0 Å². The molecule has 0 saturated heterocycles. The lowest BCUT2D eigenvalue weighted by atomic mass is 10.3. The van der Waals surface area contributed by atoms with Gasteiger partial charge in [-0.05, 0) is 15.9 Å². The zero-order chi connectivity index (χ0) is 9.14. The number of ether oxygens (including phenoxy) is 1. The van der Waals surface area contributed by atoms with E-state index in [1.54, 1.807) is 5.38 Å². The molecule has 0 aliphatic heterocycles. The number of hydrogen-bond donors (Lipinski definition) is 1. The molecule has 0 bridgehead atoms. The molecule has 0 aliphatic rings. The Balaban J connectivity index is 2.85. The second-order valence-electron chi connectivity index (χ2n) is 1.85. The van der Waals surface area contributed by atoms with Crippen LogP contribution in [0.5, 0.6) is 0 Å². The van der Waals surface area contributed by atoms with Crippen LogP contribution in [0.25, 0.3) is 0 Å². The van der Waals surface area contributed by atoms with Crippen LogP contribution in [0.2, 0.25) is 0 Å². The van der Waals surface area contributed by atoms with Crippen molar-refractivity contribution in [2.45, 2.75) is 0 Å². The maximum absolute atomic E-state index is 10.8. The normalized spacial score (nSPS) is 9.50. The Hall–Kier alpha value is -0.750. The van der Waals surface area contributed by atoms with Gasteiger partial charge < -0.3 is 4.74 Å². The Morgan fingerprint density at radius 2 is 2.50 bits per heavy atom. The van der Waals surface area contributed by atoms with Gasteiger partial charge in [0.25, 0.3) is 0 Å². The predicted octanol–water partition coefficient (Wildman–Crippen LogP) is 1.45. The van der Waals surface area contributed by atoms with Gasteiger partial charge >= 0.3 is 5.97 Å². The monoisotopic (exact) mass is 248 g/mol. The smallest absolute Gasteiger partial charge is 0.358 e. The molecule has 0 aliphatic carbocycles. The van der Waals surface area contributed by atoms with Gasteiger partial charge in [0, 0.05) is 5.38 Å². The summed E-state index contributed by atoms with van der Waals surface area (Å²) in [5.41, 5.74) is 0.109. The predicted molar refractivity (Wildman–Crippen MR) is 48.7 cm³/mol. The second kappa shape index (κ2) is 3.77. The van der Waals surface area contributed by atoms with Crippen molar-refractivity contribution in [1.29, 1.82) is 5.41 Å². The molecule has 6 heteroatoms. The van der Waals surface area contributed by atoms with Crippen molar-refractivity contribution in [3.05, 3.63) is 15.0 Å². The number of halogens is 1. The molecule has 1 N–H and O–H groups in total. The van der Waals surface area contributed by atoms with Gasteiger partial charge in [-0.15, -0.1) is 11.3 Å². The molecule has 1 rings (SSSR count). The molecule has 0 atom stereocenters. The number of methoxy groups -OCH3 is 1. The number of aromatic nitrogens is 1. The summed E-state index contributed by atoms with van der Waals surface area (Å²) in [5.74, 6) is -0.673. The van der Waals surface area contributed by atoms with E-state index in [2.05, 4.69) is 25.7 Å². The first kappa shape index (κ1) is 9.34. The van der Waals surface area contributed by atoms with Gasteiger partial charge in [-0.1, -0.05) is 0 Å². The van der Waals surface area contributed by atoms with E-state index in [1.807, 2.05) is 0 Å². The first-order valence-corrected chi connectivity index (χ1v) is 4.60. The Morgan fingerprint density at radius 3 is 2.92 bits per heavy atom. The quantitative estimate of drug-likeness (QED) is 0.637. The van der Waals surface area contributed by atoms with Gasteiger partial charge in [-0.3, -0.25) is 5.41 Å². The van der Waals surface area contributed by atoms with Crippen LogP contribution in [0.4, 0.5) is 0 Å². The van der Waals surface area contributed by atoms with Gasteiger partial charge in [-0.25, -0.2) is 9.78 Å². The van der Waals surface area contributed by atoms with Crippen LogP contribution >= 0.6 is 27.3 Å². The number of rotatable bonds is 2. The molecule has 4 nitrogen and oxygen atoms in total. The highest BCUT2D eigenvalue weighted by atomic mass is 79.9. The zero-order valence-electron chi connectivity index (χ0n) is 6.13. The molecule has 0 saturated carbocycles. The number of nitrogens with zero attached hydrogens (tertiary/aromatic N) is 1. The van der Waals surface area contributed by atoms with Crippen molar-refractivity contribution < 1.29 is 9.53 Å². The standard InChI is InChI=1S/C6H5BrN2O2S/c1-11-5(10)4(8)3-2-12-6(7)9-3/h2,8H,1H3. The molecule has 0 spiro atoms. The molecular formula is C6H5BrN2O2S. The van der Waals surface area contributed by atoms with Crippen LogP contribution in [0.1, 0.15) is 5.69 Å². The summed E-state index contributed by atoms with van der Waals surface area (Å²) in [5, 5.41) is 8.91.